The minimum atomic E-state index is 0.550. The maximum absolute atomic E-state index is 6.05. The van der Waals surface area contributed by atoms with Gasteiger partial charge in [-0.05, 0) is 43.7 Å². The van der Waals surface area contributed by atoms with Crippen LogP contribution in [-0.4, -0.2) is 22.0 Å². The minimum absolute atomic E-state index is 0.550. The van der Waals surface area contributed by atoms with E-state index >= 15 is 0 Å². The van der Waals surface area contributed by atoms with Crippen molar-refractivity contribution < 1.29 is 0 Å². The summed E-state index contributed by atoms with van der Waals surface area (Å²) in [6, 6.07) is 6.86. The zero-order chi connectivity index (χ0) is 14.2. The first-order valence-corrected chi connectivity index (χ1v) is 8.31. The second kappa shape index (κ2) is 5.34. The molecule has 1 saturated heterocycles. The topological polar surface area (TPSA) is 46.6 Å². The van der Waals surface area contributed by atoms with Crippen LogP contribution in [0, 0.1) is 5.92 Å². The lowest BCUT2D eigenvalue weighted by molar-refractivity contribution is 0.242. The molecule has 2 unspecified atom stereocenters. The average Bonchev–Trinajstić information content (AvgIpc) is 2.92. The molecule has 2 aromatic rings. The molecule has 1 aliphatic carbocycles. The van der Waals surface area contributed by atoms with E-state index in [1.54, 1.807) is 0 Å². The van der Waals surface area contributed by atoms with E-state index in [0.717, 1.165) is 29.6 Å². The fourth-order valence-corrected chi connectivity index (χ4v) is 4.34. The molecule has 2 aliphatic rings. The number of piperidine rings is 1. The monoisotopic (exact) mass is 284 g/mol. The van der Waals surface area contributed by atoms with Gasteiger partial charge in [-0.3, -0.25) is 0 Å². The SMILES string of the molecule is NCc1c(N2CCCC3CCCCC32)nc2ccccn12. The van der Waals surface area contributed by atoms with Gasteiger partial charge in [-0.15, -0.1) is 0 Å². The van der Waals surface area contributed by atoms with E-state index in [4.69, 9.17) is 10.7 Å². The number of hydrogen-bond donors (Lipinski definition) is 1. The normalized spacial score (nSPS) is 26.0. The van der Waals surface area contributed by atoms with Gasteiger partial charge in [-0.2, -0.15) is 0 Å². The third-order valence-corrected chi connectivity index (χ3v) is 5.32. The van der Waals surface area contributed by atoms with E-state index in [1.807, 2.05) is 6.07 Å². The third kappa shape index (κ3) is 2.13. The van der Waals surface area contributed by atoms with Crippen LogP contribution in [0.4, 0.5) is 5.82 Å². The molecular weight excluding hydrogens is 260 g/mol. The number of aromatic nitrogens is 2. The number of imidazole rings is 1. The second-order valence-electron chi connectivity index (χ2n) is 6.46. The zero-order valence-electron chi connectivity index (χ0n) is 12.5. The highest BCUT2D eigenvalue weighted by atomic mass is 15.3. The highest BCUT2D eigenvalue weighted by Gasteiger charge is 2.35. The predicted octanol–water partition coefficient (Wildman–Crippen LogP) is 2.95. The quantitative estimate of drug-likeness (QED) is 0.922. The maximum atomic E-state index is 6.05. The van der Waals surface area contributed by atoms with Crippen molar-refractivity contribution in [3.8, 4) is 0 Å². The molecule has 4 heteroatoms. The average molecular weight is 284 g/mol. The molecule has 4 rings (SSSR count). The maximum Gasteiger partial charge on any atom is 0.152 e. The van der Waals surface area contributed by atoms with Gasteiger partial charge in [0.2, 0.25) is 0 Å². The predicted molar refractivity (Wildman–Crippen MR) is 85.4 cm³/mol. The Balaban J connectivity index is 1.77. The summed E-state index contributed by atoms with van der Waals surface area (Å²) in [5.74, 6) is 2.00. The number of rotatable bonds is 2. The molecule has 2 N–H and O–H groups in total. The largest absolute Gasteiger partial charge is 0.352 e. The summed E-state index contributed by atoms with van der Waals surface area (Å²) in [5, 5.41) is 0. The van der Waals surface area contributed by atoms with Crippen LogP contribution in [0.2, 0.25) is 0 Å². The number of pyridine rings is 1. The van der Waals surface area contributed by atoms with Crippen molar-refractivity contribution >= 4 is 11.5 Å². The van der Waals surface area contributed by atoms with Crippen molar-refractivity contribution in [2.45, 2.75) is 51.1 Å². The van der Waals surface area contributed by atoms with Crippen LogP contribution in [-0.2, 0) is 6.54 Å². The Hall–Kier alpha value is -1.55. The summed E-state index contributed by atoms with van der Waals surface area (Å²) in [6.07, 6.45) is 10.3. The summed E-state index contributed by atoms with van der Waals surface area (Å²) >= 11 is 0. The molecule has 0 amide bonds. The number of hydrogen-bond acceptors (Lipinski definition) is 3. The number of nitrogens with two attached hydrogens (primary N) is 1. The molecule has 2 aromatic heterocycles. The molecule has 4 nitrogen and oxygen atoms in total. The number of fused-ring (bicyclic) bond motifs is 2. The molecule has 0 bridgehead atoms. The molecule has 0 spiro atoms. The molecular formula is C17H24N4. The van der Waals surface area contributed by atoms with E-state index in [9.17, 15) is 0 Å². The smallest absolute Gasteiger partial charge is 0.152 e. The van der Waals surface area contributed by atoms with Gasteiger partial charge in [0.25, 0.3) is 0 Å². The van der Waals surface area contributed by atoms with Gasteiger partial charge in [0.15, 0.2) is 5.82 Å². The molecule has 112 valence electrons. The Morgan fingerprint density at radius 3 is 2.90 bits per heavy atom. The van der Waals surface area contributed by atoms with Crippen molar-refractivity contribution in [1.82, 2.24) is 9.38 Å². The van der Waals surface area contributed by atoms with E-state index in [2.05, 4.69) is 27.6 Å². The molecule has 2 atom stereocenters. The molecule has 1 aliphatic heterocycles. The van der Waals surface area contributed by atoms with E-state index in [0.29, 0.717) is 12.6 Å². The Kier molecular flexibility index (Phi) is 3.34. The lowest BCUT2D eigenvalue weighted by Crippen LogP contribution is -2.47. The lowest BCUT2D eigenvalue weighted by atomic mass is 9.78. The van der Waals surface area contributed by atoms with Gasteiger partial charge in [0, 0.05) is 25.3 Å². The first-order valence-electron chi connectivity index (χ1n) is 8.31. The van der Waals surface area contributed by atoms with Gasteiger partial charge in [-0.25, -0.2) is 4.98 Å². The van der Waals surface area contributed by atoms with Crippen LogP contribution >= 0.6 is 0 Å². The molecule has 3 heterocycles. The molecule has 0 aromatic carbocycles. The molecule has 21 heavy (non-hydrogen) atoms. The number of nitrogens with zero attached hydrogens (tertiary/aromatic N) is 3. The van der Waals surface area contributed by atoms with Crippen molar-refractivity contribution in [2.75, 3.05) is 11.4 Å². The molecule has 0 radical (unpaired) electrons. The second-order valence-corrected chi connectivity index (χ2v) is 6.46. The van der Waals surface area contributed by atoms with Crippen LogP contribution in [0.15, 0.2) is 24.4 Å². The summed E-state index contributed by atoms with van der Waals surface area (Å²) in [4.78, 5) is 7.48. The van der Waals surface area contributed by atoms with Gasteiger partial charge >= 0.3 is 0 Å². The van der Waals surface area contributed by atoms with Crippen LogP contribution in [0.3, 0.4) is 0 Å². The van der Waals surface area contributed by atoms with Gasteiger partial charge < -0.3 is 15.0 Å². The fraction of sp³-hybridized carbons (Fsp3) is 0.588. The summed E-state index contributed by atoms with van der Waals surface area (Å²) in [6.45, 7) is 1.69. The third-order valence-electron chi connectivity index (χ3n) is 5.32. The molecule has 2 fully saturated rings. The fourth-order valence-electron chi connectivity index (χ4n) is 4.34. The van der Waals surface area contributed by atoms with E-state index < -0.39 is 0 Å². The van der Waals surface area contributed by atoms with Crippen molar-refractivity contribution in [3.05, 3.63) is 30.1 Å². The van der Waals surface area contributed by atoms with Gasteiger partial charge in [-0.1, -0.05) is 18.9 Å². The first kappa shape index (κ1) is 13.1. The minimum Gasteiger partial charge on any atom is -0.352 e. The van der Waals surface area contributed by atoms with Crippen molar-refractivity contribution in [3.63, 3.8) is 0 Å². The van der Waals surface area contributed by atoms with Crippen LogP contribution in [0.25, 0.3) is 5.65 Å². The van der Waals surface area contributed by atoms with Crippen LogP contribution in [0.5, 0.6) is 0 Å². The summed E-state index contributed by atoms with van der Waals surface area (Å²) in [5.41, 5.74) is 8.23. The van der Waals surface area contributed by atoms with E-state index in [-0.39, 0.29) is 0 Å². The Morgan fingerprint density at radius 2 is 2.00 bits per heavy atom. The Morgan fingerprint density at radius 1 is 1.14 bits per heavy atom. The highest BCUT2D eigenvalue weighted by molar-refractivity contribution is 5.57. The Labute approximate surface area is 126 Å². The van der Waals surface area contributed by atoms with Crippen molar-refractivity contribution in [1.29, 1.82) is 0 Å². The summed E-state index contributed by atoms with van der Waals surface area (Å²) in [7, 11) is 0. The van der Waals surface area contributed by atoms with E-state index in [1.165, 1.54) is 38.5 Å². The van der Waals surface area contributed by atoms with Crippen LogP contribution in [0.1, 0.15) is 44.2 Å². The zero-order valence-corrected chi connectivity index (χ0v) is 12.5. The number of anilines is 1. The standard InChI is InChI=1S/C17H24N4/c18-12-15-17(19-16-9-3-4-10-20(15)16)21-11-5-7-13-6-1-2-8-14(13)21/h3-4,9-10,13-14H,1-2,5-8,11-12,18H2. The van der Waals surface area contributed by atoms with Crippen LogP contribution < -0.4 is 10.6 Å². The first-order chi connectivity index (χ1) is 10.4. The summed E-state index contributed by atoms with van der Waals surface area (Å²) < 4.78 is 2.15. The van der Waals surface area contributed by atoms with Gasteiger partial charge in [0.05, 0.1) is 5.69 Å². The highest BCUT2D eigenvalue weighted by Crippen LogP contribution is 2.38. The lowest BCUT2D eigenvalue weighted by Gasteiger charge is -2.44. The Bertz CT molecular complexity index is 631. The molecule has 1 saturated carbocycles. The van der Waals surface area contributed by atoms with Gasteiger partial charge in [0.1, 0.15) is 5.65 Å². The van der Waals surface area contributed by atoms with Crippen molar-refractivity contribution in [2.24, 2.45) is 11.7 Å².